The van der Waals surface area contributed by atoms with E-state index < -0.39 is 5.82 Å². The van der Waals surface area contributed by atoms with Gasteiger partial charge in [-0.3, -0.25) is 0 Å². The van der Waals surface area contributed by atoms with E-state index in [0.29, 0.717) is 18.0 Å². The number of rotatable bonds is 7. The van der Waals surface area contributed by atoms with Gasteiger partial charge in [-0.15, -0.1) is 0 Å². The first-order valence-corrected chi connectivity index (χ1v) is 6.77. The molecule has 18 heavy (non-hydrogen) atoms. The summed E-state index contributed by atoms with van der Waals surface area (Å²) in [5.41, 5.74) is 0.746. The van der Waals surface area contributed by atoms with E-state index in [1.165, 1.54) is 12.1 Å². The first kappa shape index (κ1) is 15.1. The predicted octanol–water partition coefficient (Wildman–Crippen LogP) is 3.98. The van der Waals surface area contributed by atoms with Gasteiger partial charge in [-0.05, 0) is 44.4 Å². The fourth-order valence-corrected chi connectivity index (χ4v) is 2.25. The van der Waals surface area contributed by atoms with Crippen molar-refractivity contribution in [3.8, 4) is 0 Å². The second-order valence-corrected chi connectivity index (χ2v) is 4.74. The molecule has 1 aromatic rings. The molecule has 0 aromatic heterocycles. The maximum absolute atomic E-state index is 13.8. The molecule has 1 nitrogen and oxygen atoms in total. The van der Waals surface area contributed by atoms with Crippen LogP contribution in [-0.4, -0.2) is 12.6 Å². The van der Waals surface area contributed by atoms with Gasteiger partial charge in [-0.25, -0.2) is 8.78 Å². The van der Waals surface area contributed by atoms with E-state index in [1.54, 1.807) is 6.92 Å². The molecule has 0 fully saturated rings. The molecule has 1 rings (SSSR count). The summed E-state index contributed by atoms with van der Waals surface area (Å²) in [6.45, 7) is 6.74. The summed E-state index contributed by atoms with van der Waals surface area (Å²) in [6.07, 6.45) is 3.36. The lowest BCUT2D eigenvalue weighted by Gasteiger charge is -2.17. The third-order valence-corrected chi connectivity index (χ3v) is 3.25. The Morgan fingerprint density at radius 3 is 2.50 bits per heavy atom. The van der Waals surface area contributed by atoms with Crippen molar-refractivity contribution in [2.45, 2.75) is 52.5 Å². The summed E-state index contributed by atoms with van der Waals surface area (Å²) in [4.78, 5) is 0. The molecule has 3 heteroatoms. The number of halogens is 2. The molecule has 0 radical (unpaired) electrons. The molecule has 0 aliphatic heterocycles. The molecule has 102 valence electrons. The highest BCUT2D eigenvalue weighted by atomic mass is 19.1. The van der Waals surface area contributed by atoms with E-state index in [2.05, 4.69) is 19.2 Å². The SMILES string of the molecule is CCCC(CCc1c(F)ccc(C)c1F)NCC. The van der Waals surface area contributed by atoms with Gasteiger partial charge in [0.05, 0.1) is 0 Å². The van der Waals surface area contributed by atoms with Gasteiger partial charge in [0.1, 0.15) is 11.6 Å². The minimum atomic E-state index is -0.426. The van der Waals surface area contributed by atoms with E-state index >= 15 is 0 Å². The Morgan fingerprint density at radius 2 is 1.89 bits per heavy atom. The third-order valence-electron chi connectivity index (χ3n) is 3.25. The Labute approximate surface area is 109 Å². The molecule has 1 unspecified atom stereocenters. The summed E-state index contributed by atoms with van der Waals surface area (Å²) < 4.78 is 27.4. The van der Waals surface area contributed by atoms with Crippen molar-refractivity contribution < 1.29 is 8.78 Å². The molecule has 0 amide bonds. The topological polar surface area (TPSA) is 12.0 Å². The molecule has 0 bridgehead atoms. The minimum absolute atomic E-state index is 0.231. The van der Waals surface area contributed by atoms with E-state index in [-0.39, 0.29) is 11.4 Å². The monoisotopic (exact) mass is 255 g/mol. The lowest BCUT2D eigenvalue weighted by molar-refractivity contribution is 0.448. The number of benzene rings is 1. The second kappa shape index (κ2) is 7.47. The van der Waals surface area contributed by atoms with E-state index in [1.807, 2.05) is 0 Å². The highest BCUT2D eigenvalue weighted by molar-refractivity contribution is 5.26. The summed E-state index contributed by atoms with van der Waals surface area (Å²) in [5.74, 6) is -0.813. The molecular formula is C15H23F2N. The summed E-state index contributed by atoms with van der Waals surface area (Å²) in [6, 6.07) is 3.19. The standard InChI is InChI=1S/C15H23F2N/c1-4-6-12(18-5-2)8-9-13-14(16)10-7-11(3)15(13)17/h7,10,12,18H,4-6,8-9H2,1-3H3. The fraction of sp³-hybridized carbons (Fsp3) is 0.600. The highest BCUT2D eigenvalue weighted by Crippen LogP contribution is 2.19. The first-order chi connectivity index (χ1) is 8.60. The van der Waals surface area contributed by atoms with Crippen LogP contribution in [-0.2, 0) is 6.42 Å². The molecule has 0 saturated carbocycles. The molecule has 1 atom stereocenters. The lowest BCUT2D eigenvalue weighted by atomic mass is 9.99. The molecule has 0 saturated heterocycles. The van der Waals surface area contributed by atoms with Crippen LogP contribution >= 0.6 is 0 Å². The zero-order valence-corrected chi connectivity index (χ0v) is 11.5. The van der Waals surface area contributed by atoms with Crippen LogP contribution in [0.25, 0.3) is 0 Å². The van der Waals surface area contributed by atoms with Crippen LogP contribution in [0.5, 0.6) is 0 Å². The van der Waals surface area contributed by atoms with E-state index in [9.17, 15) is 8.78 Å². The van der Waals surface area contributed by atoms with Gasteiger partial charge in [0.25, 0.3) is 0 Å². The van der Waals surface area contributed by atoms with Crippen molar-refractivity contribution in [1.82, 2.24) is 5.32 Å². The number of hydrogen-bond donors (Lipinski definition) is 1. The maximum Gasteiger partial charge on any atom is 0.132 e. The smallest absolute Gasteiger partial charge is 0.132 e. The molecule has 0 aliphatic carbocycles. The summed E-state index contributed by atoms with van der Waals surface area (Å²) in [7, 11) is 0. The van der Waals surface area contributed by atoms with Crippen LogP contribution < -0.4 is 5.32 Å². The Balaban J connectivity index is 2.69. The van der Waals surface area contributed by atoms with Crippen molar-refractivity contribution in [2.24, 2.45) is 0 Å². The van der Waals surface area contributed by atoms with Crippen LogP contribution in [0.3, 0.4) is 0 Å². The van der Waals surface area contributed by atoms with Gasteiger partial charge in [0, 0.05) is 11.6 Å². The largest absolute Gasteiger partial charge is 0.314 e. The lowest BCUT2D eigenvalue weighted by Crippen LogP contribution is -2.29. The third kappa shape index (κ3) is 4.05. The Hall–Kier alpha value is -0.960. The van der Waals surface area contributed by atoms with Gasteiger partial charge in [-0.1, -0.05) is 26.3 Å². The Bertz CT molecular complexity index is 371. The van der Waals surface area contributed by atoms with Gasteiger partial charge in [0.2, 0.25) is 0 Å². The average Bonchev–Trinajstić information content (AvgIpc) is 2.34. The van der Waals surface area contributed by atoms with Crippen LogP contribution in [0.15, 0.2) is 12.1 Å². The zero-order chi connectivity index (χ0) is 13.5. The normalized spacial score (nSPS) is 12.7. The summed E-state index contributed by atoms with van der Waals surface area (Å²) in [5, 5.41) is 3.36. The van der Waals surface area contributed by atoms with Gasteiger partial charge >= 0.3 is 0 Å². The Morgan fingerprint density at radius 1 is 1.17 bits per heavy atom. The molecule has 0 aliphatic rings. The van der Waals surface area contributed by atoms with E-state index in [4.69, 9.17) is 0 Å². The number of aryl methyl sites for hydroxylation is 1. The van der Waals surface area contributed by atoms with Crippen molar-refractivity contribution in [3.63, 3.8) is 0 Å². The predicted molar refractivity (Wildman–Crippen MR) is 71.8 cm³/mol. The van der Waals surface area contributed by atoms with Crippen LogP contribution in [0.1, 0.15) is 44.2 Å². The molecular weight excluding hydrogens is 232 g/mol. The van der Waals surface area contributed by atoms with E-state index in [0.717, 1.165) is 25.8 Å². The van der Waals surface area contributed by atoms with Crippen molar-refractivity contribution in [2.75, 3.05) is 6.54 Å². The maximum atomic E-state index is 13.8. The summed E-state index contributed by atoms with van der Waals surface area (Å²) >= 11 is 0. The average molecular weight is 255 g/mol. The minimum Gasteiger partial charge on any atom is -0.314 e. The van der Waals surface area contributed by atoms with Crippen molar-refractivity contribution >= 4 is 0 Å². The highest BCUT2D eigenvalue weighted by Gasteiger charge is 2.13. The molecule has 0 spiro atoms. The molecule has 0 heterocycles. The molecule has 1 N–H and O–H groups in total. The zero-order valence-electron chi connectivity index (χ0n) is 11.5. The van der Waals surface area contributed by atoms with Crippen LogP contribution in [0.4, 0.5) is 8.78 Å². The number of hydrogen-bond acceptors (Lipinski definition) is 1. The molecule has 1 aromatic carbocycles. The quantitative estimate of drug-likeness (QED) is 0.777. The fourth-order valence-electron chi connectivity index (χ4n) is 2.25. The number of nitrogens with one attached hydrogen (secondary N) is 1. The van der Waals surface area contributed by atoms with Gasteiger partial charge in [-0.2, -0.15) is 0 Å². The second-order valence-electron chi connectivity index (χ2n) is 4.74. The van der Waals surface area contributed by atoms with Crippen molar-refractivity contribution in [3.05, 3.63) is 34.9 Å². The van der Waals surface area contributed by atoms with Crippen LogP contribution in [0.2, 0.25) is 0 Å². The van der Waals surface area contributed by atoms with Gasteiger partial charge in [0.15, 0.2) is 0 Å². The van der Waals surface area contributed by atoms with Crippen LogP contribution in [0, 0.1) is 18.6 Å². The van der Waals surface area contributed by atoms with Gasteiger partial charge < -0.3 is 5.32 Å². The Kier molecular flexibility index (Phi) is 6.27. The first-order valence-electron chi connectivity index (χ1n) is 6.77. The van der Waals surface area contributed by atoms with Crippen molar-refractivity contribution in [1.29, 1.82) is 0 Å².